The standard InChI is InChI=1S/C11H11F3N6S/c1-5-18-19-10(20(5)2)21-9-6(8(15)16)3-4-7(17-9)11(12,13)14/h3-4H,1-2H3,(H3,15,16). The van der Waals surface area contributed by atoms with E-state index in [-0.39, 0.29) is 16.4 Å². The first-order valence-corrected chi connectivity index (χ1v) is 6.48. The van der Waals surface area contributed by atoms with Gasteiger partial charge >= 0.3 is 6.18 Å². The fraction of sp³-hybridized carbons (Fsp3) is 0.273. The van der Waals surface area contributed by atoms with Gasteiger partial charge in [-0.1, -0.05) is 0 Å². The molecule has 2 heterocycles. The first-order valence-electron chi connectivity index (χ1n) is 5.66. The maximum Gasteiger partial charge on any atom is 0.433 e. The zero-order chi connectivity index (χ0) is 15.8. The number of rotatable bonds is 3. The lowest BCUT2D eigenvalue weighted by Crippen LogP contribution is -2.16. The number of nitrogens with zero attached hydrogens (tertiary/aromatic N) is 4. The van der Waals surface area contributed by atoms with E-state index in [1.807, 2.05) is 0 Å². The van der Waals surface area contributed by atoms with Crippen LogP contribution in [-0.2, 0) is 13.2 Å². The number of hydrogen-bond donors (Lipinski definition) is 2. The number of alkyl halides is 3. The van der Waals surface area contributed by atoms with Gasteiger partial charge in [-0.25, -0.2) is 4.98 Å². The number of hydrogen-bond acceptors (Lipinski definition) is 5. The van der Waals surface area contributed by atoms with E-state index in [0.29, 0.717) is 11.0 Å². The van der Waals surface area contributed by atoms with Crippen LogP contribution in [0.15, 0.2) is 22.3 Å². The second-order valence-corrected chi connectivity index (χ2v) is 5.11. The molecule has 0 atom stereocenters. The molecule has 21 heavy (non-hydrogen) atoms. The Morgan fingerprint density at radius 1 is 1.33 bits per heavy atom. The summed E-state index contributed by atoms with van der Waals surface area (Å²) in [6.07, 6.45) is -4.57. The molecule has 0 spiro atoms. The van der Waals surface area contributed by atoms with Gasteiger partial charge < -0.3 is 10.3 Å². The molecular weight excluding hydrogens is 305 g/mol. The van der Waals surface area contributed by atoms with Crippen LogP contribution < -0.4 is 5.73 Å². The van der Waals surface area contributed by atoms with Crippen molar-refractivity contribution in [3.05, 3.63) is 29.2 Å². The van der Waals surface area contributed by atoms with E-state index < -0.39 is 11.9 Å². The van der Waals surface area contributed by atoms with E-state index in [1.165, 1.54) is 0 Å². The summed E-state index contributed by atoms with van der Waals surface area (Å²) in [5.74, 6) is 0.242. The van der Waals surface area contributed by atoms with Crippen molar-refractivity contribution in [1.82, 2.24) is 19.7 Å². The zero-order valence-electron chi connectivity index (χ0n) is 11.1. The zero-order valence-corrected chi connectivity index (χ0v) is 11.9. The molecule has 2 rings (SSSR count). The van der Waals surface area contributed by atoms with Gasteiger partial charge in [0.1, 0.15) is 22.4 Å². The molecule has 0 aromatic carbocycles. The van der Waals surface area contributed by atoms with Gasteiger partial charge in [-0.2, -0.15) is 13.2 Å². The molecule has 0 aliphatic carbocycles. The van der Waals surface area contributed by atoms with Crippen LogP contribution in [0.25, 0.3) is 0 Å². The average molecular weight is 316 g/mol. The molecule has 3 N–H and O–H groups in total. The van der Waals surface area contributed by atoms with Crippen LogP contribution in [0.2, 0.25) is 0 Å². The second kappa shape index (κ2) is 5.35. The molecule has 0 amide bonds. The Balaban J connectivity index is 2.49. The van der Waals surface area contributed by atoms with E-state index in [9.17, 15) is 13.2 Å². The van der Waals surface area contributed by atoms with Crippen molar-refractivity contribution in [1.29, 1.82) is 5.41 Å². The maximum atomic E-state index is 12.7. The SMILES string of the molecule is Cc1nnc(Sc2nc(C(F)(F)F)ccc2C(=N)N)n1C. The molecule has 0 saturated carbocycles. The number of halogens is 3. The smallest absolute Gasteiger partial charge is 0.384 e. The topological polar surface area (TPSA) is 93.5 Å². The fourth-order valence-corrected chi connectivity index (χ4v) is 2.40. The van der Waals surface area contributed by atoms with Gasteiger partial charge in [0.05, 0.1) is 0 Å². The third kappa shape index (κ3) is 3.15. The summed E-state index contributed by atoms with van der Waals surface area (Å²) in [5, 5.41) is 15.4. The third-order valence-electron chi connectivity index (χ3n) is 2.68. The Bertz CT molecular complexity index is 694. The summed E-state index contributed by atoms with van der Waals surface area (Å²) in [5.41, 5.74) is 4.45. The minimum Gasteiger partial charge on any atom is -0.384 e. The van der Waals surface area contributed by atoms with Crippen LogP contribution in [0.1, 0.15) is 17.1 Å². The van der Waals surface area contributed by atoms with E-state index in [4.69, 9.17) is 11.1 Å². The summed E-state index contributed by atoms with van der Waals surface area (Å²) in [4.78, 5) is 3.55. The molecule has 6 nitrogen and oxygen atoms in total. The summed E-state index contributed by atoms with van der Waals surface area (Å²) >= 11 is 0.878. The Kier molecular flexibility index (Phi) is 3.90. The predicted molar refractivity (Wildman–Crippen MR) is 70.1 cm³/mol. The fourth-order valence-electron chi connectivity index (χ4n) is 1.44. The number of aryl methyl sites for hydroxylation is 1. The highest BCUT2D eigenvalue weighted by Gasteiger charge is 2.33. The van der Waals surface area contributed by atoms with Crippen molar-refractivity contribution in [3.63, 3.8) is 0 Å². The molecule has 0 bridgehead atoms. The number of aromatic nitrogens is 4. The molecule has 0 fully saturated rings. The lowest BCUT2D eigenvalue weighted by atomic mass is 10.2. The van der Waals surface area contributed by atoms with E-state index >= 15 is 0 Å². The van der Waals surface area contributed by atoms with Crippen molar-refractivity contribution in [3.8, 4) is 0 Å². The number of pyridine rings is 1. The minimum absolute atomic E-state index is 0.0344. The lowest BCUT2D eigenvalue weighted by molar-refractivity contribution is -0.141. The van der Waals surface area contributed by atoms with Crippen LogP contribution in [-0.4, -0.2) is 25.6 Å². The summed E-state index contributed by atoms with van der Waals surface area (Å²) in [6, 6.07) is 1.92. The molecular formula is C11H11F3N6S. The average Bonchev–Trinajstić information content (AvgIpc) is 2.69. The number of nitrogen functional groups attached to an aromatic ring is 1. The van der Waals surface area contributed by atoms with Gasteiger partial charge in [0, 0.05) is 12.6 Å². The normalized spacial score (nSPS) is 11.7. The maximum absolute atomic E-state index is 12.7. The highest BCUT2D eigenvalue weighted by atomic mass is 32.2. The Morgan fingerprint density at radius 3 is 2.48 bits per heavy atom. The molecule has 0 saturated heterocycles. The number of nitrogens with one attached hydrogen (secondary N) is 1. The summed E-state index contributed by atoms with van der Waals surface area (Å²) in [7, 11) is 1.68. The van der Waals surface area contributed by atoms with Crippen LogP contribution in [0.3, 0.4) is 0 Å². The largest absolute Gasteiger partial charge is 0.433 e. The minimum atomic E-state index is -4.57. The first-order chi connectivity index (χ1) is 9.70. The van der Waals surface area contributed by atoms with Gasteiger partial charge in [0.25, 0.3) is 0 Å². The molecule has 2 aromatic heterocycles. The third-order valence-corrected chi connectivity index (χ3v) is 3.72. The molecule has 0 aliphatic rings. The monoisotopic (exact) mass is 316 g/mol. The van der Waals surface area contributed by atoms with Crippen molar-refractivity contribution >= 4 is 17.6 Å². The van der Waals surface area contributed by atoms with E-state index in [1.54, 1.807) is 18.5 Å². The van der Waals surface area contributed by atoms with Crippen molar-refractivity contribution in [2.24, 2.45) is 12.8 Å². The highest BCUT2D eigenvalue weighted by molar-refractivity contribution is 7.99. The first kappa shape index (κ1) is 15.3. The van der Waals surface area contributed by atoms with E-state index in [2.05, 4.69) is 15.2 Å². The van der Waals surface area contributed by atoms with Gasteiger partial charge in [-0.3, -0.25) is 5.41 Å². The lowest BCUT2D eigenvalue weighted by Gasteiger charge is -2.11. The molecule has 2 aromatic rings. The molecule has 0 radical (unpaired) electrons. The Labute approximate surface area is 122 Å². The van der Waals surface area contributed by atoms with Crippen LogP contribution in [0.4, 0.5) is 13.2 Å². The highest BCUT2D eigenvalue weighted by Crippen LogP contribution is 2.33. The summed E-state index contributed by atoms with van der Waals surface area (Å²) < 4.78 is 39.8. The van der Waals surface area contributed by atoms with Crippen molar-refractivity contribution < 1.29 is 13.2 Å². The molecule has 10 heteroatoms. The van der Waals surface area contributed by atoms with E-state index in [0.717, 1.165) is 23.9 Å². The van der Waals surface area contributed by atoms with Crippen molar-refractivity contribution in [2.45, 2.75) is 23.3 Å². The summed E-state index contributed by atoms with van der Waals surface area (Å²) in [6.45, 7) is 1.71. The van der Waals surface area contributed by atoms with Crippen LogP contribution >= 0.6 is 11.8 Å². The molecule has 0 aliphatic heterocycles. The Hall–Kier alpha value is -2.10. The number of nitrogens with two attached hydrogens (primary N) is 1. The van der Waals surface area contributed by atoms with Crippen molar-refractivity contribution in [2.75, 3.05) is 0 Å². The molecule has 0 unspecified atom stereocenters. The quantitative estimate of drug-likeness (QED) is 0.667. The van der Waals surface area contributed by atoms with Crippen LogP contribution in [0, 0.1) is 12.3 Å². The van der Waals surface area contributed by atoms with Crippen LogP contribution in [0.5, 0.6) is 0 Å². The second-order valence-electron chi connectivity index (χ2n) is 4.15. The Morgan fingerprint density at radius 2 is 2.00 bits per heavy atom. The van der Waals surface area contributed by atoms with Gasteiger partial charge in [-0.15, -0.1) is 10.2 Å². The van der Waals surface area contributed by atoms with Gasteiger partial charge in [-0.05, 0) is 30.8 Å². The molecule has 112 valence electrons. The predicted octanol–water partition coefficient (Wildman–Crippen LogP) is 1.97. The number of amidine groups is 1. The van der Waals surface area contributed by atoms with Gasteiger partial charge in [0.2, 0.25) is 0 Å². The van der Waals surface area contributed by atoms with Gasteiger partial charge in [0.15, 0.2) is 5.16 Å².